The van der Waals surface area contributed by atoms with Crippen molar-refractivity contribution < 1.29 is 14.0 Å². The smallest absolute Gasteiger partial charge is 0.233 e. The van der Waals surface area contributed by atoms with Crippen molar-refractivity contribution in [3.05, 3.63) is 73.9 Å². The van der Waals surface area contributed by atoms with E-state index >= 15 is 0 Å². The lowest BCUT2D eigenvalue weighted by Crippen LogP contribution is -2.40. The average molecular weight is 432 g/mol. The second kappa shape index (κ2) is 8.19. The number of hydrogen-bond donors (Lipinski definition) is 0. The molecule has 0 N–H and O–H groups in total. The summed E-state index contributed by atoms with van der Waals surface area (Å²) in [5, 5.41) is 4.11. The molecule has 0 bridgehead atoms. The number of rotatable bonds is 5. The largest absolute Gasteiger partial charge is 0.330 e. The molecule has 0 fully saturated rings. The highest BCUT2D eigenvalue weighted by atomic mass is 32.2. The summed E-state index contributed by atoms with van der Waals surface area (Å²) >= 11 is 4.57. The molecule has 1 amide bonds. The Morgan fingerprint density at radius 1 is 1.21 bits per heavy atom. The summed E-state index contributed by atoms with van der Waals surface area (Å²) in [7, 11) is 0. The van der Waals surface area contributed by atoms with Crippen LogP contribution < -0.4 is 0 Å². The van der Waals surface area contributed by atoms with Gasteiger partial charge in [-0.05, 0) is 53.9 Å². The van der Waals surface area contributed by atoms with Crippen molar-refractivity contribution in [1.29, 1.82) is 0 Å². The molecule has 0 aliphatic carbocycles. The van der Waals surface area contributed by atoms with Gasteiger partial charge < -0.3 is 4.90 Å². The van der Waals surface area contributed by atoms with E-state index in [4.69, 9.17) is 0 Å². The van der Waals surface area contributed by atoms with Crippen LogP contribution in [0.25, 0.3) is 0 Å². The first-order valence-electron chi connectivity index (χ1n) is 8.87. The number of hydrogen-bond acceptors (Lipinski definition) is 5. The highest BCUT2D eigenvalue weighted by Crippen LogP contribution is 2.40. The number of nitrogens with zero attached hydrogens (tertiary/aromatic N) is 1. The Morgan fingerprint density at radius 3 is 2.79 bits per heavy atom. The summed E-state index contributed by atoms with van der Waals surface area (Å²) in [4.78, 5) is 29.2. The number of Topliss-reactive ketones (excluding diaryl/α,β-unsaturated/α-hetero) is 1. The highest BCUT2D eigenvalue weighted by Gasteiger charge is 2.33. The average Bonchev–Trinajstić information content (AvgIpc) is 3.37. The molecule has 28 heavy (non-hydrogen) atoms. The van der Waals surface area contributed by atoms with Crippen LogP contribution in [0, 0.1) is 5.82 Å². The summed E-state index contributed by atoms with van der Waals surface area (Å²) in [6.07, 6.45) is 0.854. The SMILES string of the molecule is CC(=O)c1ccc(SCC(=O)N2CCc3sccc3C2c2cccs2)c(F)c1. The molecule has 1 atom stereocenters. The number of halogens is 1. The van der Waals surface area contributed by atoms with Crippen LogP contribution in [-0.4, -0.2) is 28.9 Å². The molecule has 0 radical (unpaired) electrons. The van der Waals surface area contributed by atoms with E-state index in [0.29, 0.717) is 17.0 Å². The molecule has 3 nitrogen and oxygen atoms in total. The summed E-state index contributed by atoms with van der Waals surface area (Å²) in [5.74, 6) is -0.475. The molecule has 1 unspecified atom stereocenters. The molecule has 0 spiro atoms. The van der Waals surface area contributed by atoms with Gasteiger partial charge in [0.1, 0.15) is 5.82 Å². The van der Waals surface area contributed by atoms with Gasteiger partial charge in [0, 0.05) is 26.8 Å². The first kappa shape index (κ1) is 19.4. The molecule has 4 rings (SSSR count). The van der Waals surface area contributed by atoms with Crippen molar-refractivity contribution in [2.75, 3.05) is 12.3 Å². The zero-order valence-electron chi connectivity index (χ0n) is 15.2. The van der Waals surface area contributed by atoms with Crippen molar-refractivity contribution in [2.45, 2.75) is 24.3 Å². The molecular formula is C21H18FNO2S3. The van der Waals surface area contributed by atoms with Crippen LogP contribution in [0.5, 0.6) is 0 Å². The Morgan fingerprint density at radius 2 is 2.07 bits per heavy atom. The summed E-state index contributed by atoms with van der Waals surface area (Å²) in [5.41, 5.74) is 1.54. The molecular weight excluding hydrogens is 413 g/mol. The van der Waals surface area contributed by atoms with Crippen molar-refractivity contribution in [2.24, 2.45) is 0 Å². The molecule has 144 valence electrons. The minimum atomic E-state index is -0.459. The van der Waals surface area contributed by atoms with Crippen molar-refractivity contribution in [1.82, 2.24) is 4.90 Å². The fraction of sp³-hybridized carbons (Fsp3) is 0.238. The fourth-order valence-corrected chi connectivity index (χ4v) is 5.96. The number of fused-ring (bicyclic) bond motifs is 1. The van der Waals surface area contributed by atoms with Crippen LogP contribution in [0.15, 0.2) is 52.1 Å². The maximum atomic E-state index is 14.3. The topological polar surface area (TPSA) is 37.4 Å². The molecule has 1 aliphatic heterocycles. The summed E-state index contributed by atoms with van der Waals surface area (Å²) in [6, 6.07) is 10.5. The number of carbonyl (C=O) groups is 2. The second-order valence-electron chi connectivity index (χ2n) is 6.54. The quantitative estimate of drug-likeness (QED) is 0.400. The van der Waals surface area contributed by atoms with E-state index in [1.165, 1.54) is 35.2 Å². The second-order valence-corrected chi connectivity index (χ2v) is 9.54. The first-order chi connectivity index (χ1) is 13.5. The van der Waals surface area contributed by atoms with E-state index in [0.717, 1.165) is 11.3 Å². The number of amides is 1. The Balaban J connectivity index is 1.52. The monoisotopic (exact) mass is 431 g/mol. The van der Waals surface area contributed by atoms with Gasteiger partial charge in [-0.15, -0.1) is 34.4 Å². The normalized spacial score (nSPS) is 16.1. The molecule has 1 aromatic carbocycles. The number of thiophene rings is 2. The standard InChI is InChI=1S/C21H18FNO2S3/c1-13(24)14-4-5-18(16(22)11-14)28-12-20(25)23-8-6-17-15(7-10-27-17)21(23)19-3-2-9-26-19/h2-5,7,9-11,21H,6,8,12H2,1H3. The van der Waals surface area contributed by atoms with Crippen LogP contribution in [-0.2, 0) is 11.2 Å². The van der Waals surface area contributed by atoms with Gasteiger partial charge in [-0.25, -0.2) is 4.39 Å². The maximum Gasteiger partial charge on any atom is 0.233 e. The lowest BCUT2D eigenvalue weighted by molar-refractivity contribution is -0.130. The number of carbonyl (C=O) groups excluding carboxylic acids is 2. The highest BCUT2D eigenvalue weighted by molar-refractivity contribution is 8.00. The third-order valence-corrected chi connectivity index (χ3v) is 7.74. The summed E-state index contributed by atoms with van der Waals surface area (Å²) < 4.78 is 14.3. The van der Waals surface area contributed by atoms with Crippen molar-refractivity contribution in [3.63, 3.8) is 0 Å². The third-order valence-electron chi connectivity index (χ3n) is 4.79. The number of thioether (sulfide) groups is 1. The number of benzene rings is 1. The Labute approximate surface area is 175 Å². The minimum absolute atomic E-state index is 0.00436. The van der Waals surface area contributed by atoms with Crippen LogP contribution in [0.3, 0.4) is 0 Å². The predicted octanol–water partition coefficient (Wildman–Crippen LogP) is 5.42. The number of ketones is 1. The Hall–Kier alpha value is -1.96. The fourth-order valence-electron chi connectivity index (χ4n) is 3.40. The molecule has 7 heteroatoms. The molecule has 3 heterocycles. The van der Waals surface area contributed by atoms with E-state index in [-0.39, 0.29) is 23.5 Å². The van der Waals surface area contributed by atoms with Gasteiger partial charge >= 0.3 is 0 Å². The van der Waals surface area contributed by atoms with E-state index in [1.54, 1.807) is 34.8 Å². The third kappa shape index (κ3) is 3.79. The summed E-state index contributed by atoms with van der Waals surface area (Å²) in [6.45, 7) is 2.08. The van der Waals surface area contributed by atoms with Gasteiger partial charge in [0.05, 0.1) is 11.8 Å². The van der Waals surface area contributed by atoms with Gasteiger partial charge in [-0.2, -0.15) is 0 Å². The van der Waals surface area contributed by atoms with E-state index in [1.807, 2.05) is 16.3 Å². The van der Waals surface area contributed by atoms with Crippen LogP contribution in [0.2, 0.25) is 0 Å². The van der Waals surface area contributed by atoms with E-state index in [9.17, 15) is 14.0 Å². The molecule has 2 aromatic heterocycles. The van der Waals surface area contributed by atoms with Gasteiger partial charge in [-0.1, -0.05) is 12.1 Å². The zero-order valence-corrected chi connectivity index (χ0v) is 17.6. The van der Waals surface area contributed by atoms with Gasteiger partial charge in [0.2, 0.25) is 5.91 Å². The molecule has 0 saturated carbocycles. The Bertz CT molecular complexity index is 1010. The van der Waals surface area contributed by atoms with Crippen LogP contribution in [0.1, 0.15) is 38.6 Å². The predicted molar refractivity (Wildman–Crippen MR) is 113 cm³/mol. The van der Waals surface area contributed by atoms with Crippen LogP contribution >= 0.6 is 34.4 Å². The van der Waals surface area contributed by atoms with Crippen molar-refractivity contribution >= 4 is 46.1 Å². The van der Waals surface area contributed by atoms with Gasteiger partial charge in [0.25, 0.3) is 0 Å². The molecule has 3 aromatic rings. The molecule has 0 saturated heterocycles. The van der Waals surface area contributed by atoms with Gasteiger partial charge in [0.15, 0.2) is 5.78 Å². The first-order valence-corrected chi connectivity index (χ1v) is 11.6. The lowest BCUT2D eigenvalue weighted by Gasteiger charge is -2.35. The van der Waals surface area contributed by atoms with E-state index < -0.39 is 5.82 Å². The minimum Gasteiger partial charge on any atom is -0.330 e. The maximum absolute atomic E-state index is 14.3. The zero-order chi connectivity index (χ0) is 19.7. The lowest BCUT2D eigenvalue weighted by atomic mass is 9.98. The van der Waals surface area contributed by atoms with Gasteiger partial charge in [-0.3, -0.25) is 9.59 Å². The van der Waals surface area contributed by atoms with Crippen molar-refractivity contribution in [3.8, 4) is 0 Å². The van der Waals surface area contributed by atoms with E-state index in [2.05, 4.69) is 17.5 Å². The van der Waals surface area contributed by atoms with Crippen LogP contribution in [0.4, 0.5) is 4.39 Å². The molecule has 1 aliphatic rings. The Kier molecular flexibility index (Phi) is 5.66.